The van der Waals surface area contributed by atoms with E-state index in [1.54, 1.807) is 7.11 Å². The zero-order valence-electron chi connectivity index (χ0n) is 11.6. The van der Waals surface area contributed by atoms with Crippen LogP contribution in [-0.4, -0.2) is 19.6 Å². The van der Waals surface area contributed by atoms with Crippen LogP contribution in [0, 0.1) is 0 Å². The zero-order chi connectivity index (χ0) is 14.5. The summed E-state index contributed by atoms with van der Waals surface area (Å²) in [6.45, 7) is 0.490. The predicted molar refractivity (Wildman–Crippen MR) is 80.7 cm³/mol. The third kappa shape index (κ3) is 3.08. The van der Waals surface area contributed by atoms with Crippen LogP contribution in [0.4, 0.5) is 0 Å². The summed E-state index contributed by atoms with van der Waals surface area (Å²) in [5, 5.41) is 2.26. The maximum atomic E-state index is 11.0. The van der Waals surface area contributed by atoms with Crippen LogP contribution in [0.1, 0.15) is 24.3 Å². The number of rotatable bonds is 6. The van der Waals surface area contributed by atoms with Crippen molar-refractivity contribution in [3.63, 3.8) is 0 Å². The van der Waals surface area contributed by atoms with Crippen molar-refractivity contribution in [1.29, 1.82) is 0 Å². The second-order valence-corrected chi connectivity index (χ2v) is 4.87. The van der Waals surface area contributed by atoms with Crippen LogP contribution >= 0.6 is 0 Å². The standard InChI is InChI=1S/C16H20N2O2/c1-20-13-7-5-11-3-2-4-14(15(11)9-13)12(10-17)6-8-16(18)19/h2-5,7,9,12H,6,8,10,17H2,1H3,(H2,18,19). The maximum absolute atomic E-state index is 11.0. The van der Waals surface area contributed by atoms with E-state index in [9.17, 15) is 4.79 Å². The molecule has 1 amide bonds. The van der Waals surface area contributed by atoms with Gasteiger partial charge in [-0.15, -0.1) is 0 Å². The summed E-state index contributed by atoms with van der Waals surface area (Å²) in [5.74, 6) is 0.648. The highest BCUT2D eigenvalue weighted by atomic mass is 16.5. The molecule has 0 saturated heterocycles. The van der Waals surface area contributed by atoms with Gasteiger partial charge in [0.05, 0.1) is 7.11 Å². The minimum absolute atomic E-state index is 0.123. The summed E-state index contributed by atoms with van der Waals surface area (Å²) >= 11 is 0. The molecule has 4 nitrogen and oxygen atoms in total. The van der Waals surface area contributed by atoms with Gasteiger partial charge in [-0.3, -0.25) is 4.79 Å². The lowest BCUT2D eigenvalue weighted by Gasteiger charge is -2.17. The number of hydrogen-bond acceptors (Lipinski definition) is 3. The average molecular weight is 272 g/mol. The van der Waals surface area contributed by atoms with Crippen molar-refractivity contribution in [2.45, 2.75) is 18.8 Å². The summed E-state index contributed by atoms with van der Waals surface area (Å²) in [6, 6.07) is 12.1. The highest BCUT2D eigenvalue weighted by Crippen LogP contribution is 2.30. The number of carbonyl (C=O) groups excluding carboxylic acids is 1. The van der Waals surface area contributed by atoms with Crippen LogP contribution in [0.3, 0.4) is 0 Å². The van der Waals surface area contributed by atoms with Crippen molar-refractivity contribution in [2.75, 3.05) is 13.7 Å². The van der Waals surface area contributed by atoms with Gasteiger partial charge in [-0.2, -0.15) is 0 Å². The lowest BCUT2D eigenvalue weighted by Crippen LogP contribution is -2.17. The fraction of sp³-hybridized carbons (Fsp3) is 0.312. The van der Waals surface area contributed by atoms with Gasteiger partial charge in [-0.25, -0.2) is 0 Å². The molecular weight excluding hydrogens is 252 g/mol. The van der Waals surface area contributed by atoms with E-state index in [1.807, 2.05) is 24.3 Å². The van der Waals surface area contributed by atoms with Crippen LogP contribution in [0.5, 0.6) is 5.75 Å². The Kier molecular flexibility index (Phi) is 4.58. The molecule has 0 aliphatic rings. The quantitative estimate of drug-likeness (QED) is 0.845. The molecule has 0 heterocycles. The first-order valence-corrected chi connectivity index (χ1v) is 6.70. The molecule has 2 aromatic rings. The van der Waals surface area contributed by atoms with Crippen LogP contribution in [0.2, 0.25) is 0 Å². The number of fused-ring (bicyclic) bond motifs is 1. The van der Waals surface area contributed by atoms with E-state index in [0.717, 1.165) is 22.1 Å². The Morgan fingerprint density at radius 3 is 2.75 bits per heavy atom. The van der Waals surface area contributed by atoms with E-state index in [-0.39, 0.29) is 11.8 Å². The molecule has 0 radical (unpaired) electrons. The van der Waals surface area contributed by atoms with Gasteiger partial charge in [0.1, 0.15) is 5.75 Å². The summed E-state index contributed by atoms with van der Waals surface area (Å²) in [5.41, 5.74) is 12.2. The lowest BCUT2D eigenvalue weighted by molar-refractivity contribution is -0.118. The normalized spacial score (nSPS) is 12.3. The number of ether oxygens (including phenoxy) is 1. The number of benzene rings is 2. The first-order valence-electron chi connectivity index (χ1n) is 6.70. The Morgan fingerprint density at radius 1 is 1.30 bits per heavy atom. The Bertz CT molecular complexity index is 610. The molecule has 4 N–H and O–H groups in total. The predicted octanol–water partition coefficient (Wildman–Crippen LogP) is 2.16. The van der Waals surface area contributed by atoms with Gasteiger partial charge in [-0.05, 0) is 47.4 Å². The molecule has 0 bridgehead atoms. The minimum atomic E-state index is -0.290. The number of carbonyl (C=O) groups is 1. The second-order valence-electron chi connectivity index (χ2n) is 4.87. The Balaban J connectivity index is 2.42. The van der Waals surface area contributed by atoms with Crippen molar-refractivity contribution in [2.24, 2.45) is 11.5 Å². The van der Waals surface area contributed by atoms with Crippen LogP contribution in [-0.2, 0) is 4.79 Å². The van der Waals surface area contributed by atoms with Gasteiger partial charge in [0, 0.05) is 6.42 Å². The number of nitrogens with two attached hydrogens (primary N) is 2. The number of amides is 1. The third-order valence-electron chi connectivity index (χ3n) is 3.59. The lowest BCUT2D eigenvalue weighted by atomic mass is 9.90. The monoisotopic (exact) mass is 272 g/mol. The highest BCUT2D eigenvalue weighted by molar-refractivity contribution is 5.87. The maximum Gasteiger partial charge on any atom is 0.217 e. The summed E-state index contributed by atoms with van der Waals surface area (Å²) in [7, 11) is 1.65. The van der Waals surface area contributed by atoms with Gasteiger partial charge in [0.15, 0.2) is 0 Å². The van der Waals surface area contributed by atoms with Gasteiger partial charge in [0.2, 0.25) is 5.91 Å². The minimum Gasteiger partial charge on any atom is -0.497 e. The van der Waals surface area contributed by atoms with Crippen LogP contribution in [0.25, 0.3) is 10.8 Å². The first kappa shape index (κ1) is 14.3. The second kappa shape index (κ2) is 6.39. The van der Waals surface area contributed by atoms with Crippen molar-refractivity contribution in [1.82, 2.24) is 0 Å². The number of hydrogen-bond donors (Lipinski definition) is 2. The fourth-order valence-corrected chi connectivity index (χ4v) is 2.48. The van der Waals surface area contributed by atoms with Crippen molar-refractivity contribution in [3.8, 4) is 5.75 Å². The summed E-state index contributed by atoms with van der Waals surface area (Å²) in [4.78, 5) is 11.0. The Hall–Kier alpha value is -2.07. The van der Waals surface area contributed by atoms with Gasteiger partial charge >= 0.3 is 0 Å². The van der Waals surface area contributed by atoms with E-state index < -0.39 is 0 Å². The van der Waals surface area contributed by atoms with Gasteiger partial charge < -0.3 is 16.2 Å². The molecule has 1 unspecified atom stereocenters. The van der Waals surface area contributed by atoms with E-state index in [0.29, 0.717) is 19.4 Å². The molecule has 0 aromatic heterocycles. The van der Waals surface area contributed by atoms with Crippen molar-refractivity contribution >= 4 is 16.7 Å². The molecule has 20 heavy (non-hydrogen) atoms. The number of primary amides is 1. The Labute approximate surface area is 118 Å². The molecule has 0 fully saturated rings. The molecular formula is C16H20N2O2. The highest BCUT2D eigenvalue weighted by Gasteiger charge is 2.14. The molecule has 1 atom stereocenters. The molecule has 106 valence electrons. The van der Waals surface area contributed by atoms with Crippen molar-refractivity contribution in [3.05, 3.63) is 42.0 Å². The van der Waals surface area contributed by atoms with E-state index in [2.05, 4.69) is 12.1 Å². The smallest absolute Gasteiger partial charge is 0.217 e. The molecule has 0 aliphatic heterocycles. The first-order chi connectivity index (χ1) is 9.65. The Morgan fingerprint density at radius 2 is 2.10 bits per heavy atom. The molecule has 2 rings (SSSR count). The van der Waals surface area contributed by atoms with Gasteiger partial charge in [-0.1, -0.05) is 24.3 Å². The average Bonchev–Trinajstić information content (AvgIpc) is 2.47. The zero-order valence-corrected chi connectivity index (χ0v) is 11.6. The van der Waals surface area contributed by atoms with Crippen molar-refractivity contribution < 1.29 is 9.53 Å². The van der Waals surface area contributed by atoms with E-state index >= 15 is 0 Å². The number of methoxy groups -OCH3 is 1. The summed E-state index contributed by atoms with van der Waals surface area (Å²) < 4.78 is 5.28. The van der Waals surface area contributed by atoms with Crippen LogP contribution < -0.4 is 16.2 Å². The van der Waals surface area contributed by atoms with E-state index in [1.165, 1.54) is 0 Å². The molecule has 0 spiro atoms. The third-order valence-corrected chi connectivity index (χ3v) is 3.59. The molecule has 4 heteroatoms. The molecule has 2 aromatic carbocycles. The largest absolute Gasteiger partial charge is 0.497 e. The molecule has 0 aliphatic carbocycles. The fourth-order valence-electron chi connectivity index (χ4n) is 2.48. The SMILES string of the molecule is COc1ccc2cccc(C(CN)CCC(N)=O)c2c1. The van der Waals surface area contributed by atoms with Gasteiger partial charge in [0.25, 0.3) is 0 Å². The summed E-state index contributed by atoms with van der Waals surface area (Å²) in [6.07, 6.45) is 1.02. The van der Waals surface area contributed by atoms with Crippen LogP contribution in [0.15, 0.2) is 36.4 Å². The molecule has 0 saturated carbocycles. The topological polar surface area (TPSA) is 78.3 Å². The van der Waals surface area contributed by atoms with E-state index in [4.69, 9.17) is 16.2 Å².